The van der Waals surface area contributed by atoms with Crippen LogP contribution in [0.4, 0.5) is 0 Å². The molecule has 6 nitrogen and oxygen atoms in total. The molecule has 0 aliphatic carbocycles. The summed E-state index contributed by atoms with van der Waals surface area (Å²) < 4.78 is 13.3. The van der Waals surface area contributed by atoms with E-state index >= 15 is 0 Å². The molecule has 3 rings (SSSR count). The van der Waals surface area contributed by atoms with Gasteiger partial charge in [-0.3, -0.25) is 0 Å². The Morgan fingerprint density at radius 2 is 1.60 bits per heavy atom. The topological polar surface area (TPSA) is 62.1 Å². The molecule has 0 aliphatic rings. The summed E-state index contributed by atoms with van der Waals surface area (Å²) in [6.07, 6.45) is 0.139. The molecule has 0 N–H and O–H groups in total. The van der Waals surface area contributed by atoms with Crippen molar-refractivity contribution >= 4 is 0 Å². The maximum absolute atomic E-state index is 5.88. The minimum Gasteiger partial charge on any atom is -0.491 e. The number of aryl methyl sites for hydroxylation is 3. The van der Waals surface area contributed by atoms with Crippen LogP contribution in [0.15, 0.2) is 36.4 Å². The van der Waals surface area contributed by atoms with Gasteiger partial charge in [-0.05, 0) is 65.0 Å². The number of nitrogens with zero attached hydrogens (tertiary/aromatic N) is 4. The van der Waals surface area contributed by atoms with E-state index in [0.29, 0.717) is 23.3 Å². The normalized spacial score (nSPS) is 11.0. The lowest BCUT2D eigenvalue weighted by Crippen LogP contribution is -2.05. The van der Waals surface area contributed by atoms with E-state index in [0.717, 1.165) is 17.1 Å². The Kier molecular flexibility index (Phi) is 4.70. The number of ether oxygens (including phenoxy) is 2. The molecular formula is C19H22N4O2. The zero-order chi connectivity index (χ0) is 18.0. The molecule has 1 aromatic carbocycles. The first-order valence-electron chi connectivity index (χ1n) is 8.24. The van der Waals surface area contributed by atoms with Gasteiger partial charge in [0.2, 0.25) is 5.88 Å². The van der Waals surface area contributed by atoms with Crippen molar-refractivity contribution in [2.24, 2.45) is 0 Å². The van der Waals surface area contributed by atoms with Crippen molar-refractivity contribution in [3.8, 4) is 23.2 Å². The summed E-state index contributed by atoms with van der Waals surface area (Å²) in [6.45, 7) is 9.77. The highest BCUT2D eigenvalue weighted by molar-refractivity contribution is 5.36. The maximum Gasteiger partial charge on any atom is 0.224 e. The first-order chi connectivity index (χ1) is 11.9. The number of benzene rings is 1. The highest BCUT2D eigenvalue weighted by atomic mass is 16.5. The molecular weight excluding hydrogens is 316 g/mol. The van der Waals surface area contributed by atoms with Gasteiger partial charge in [-0.2, -0.15) is 10.1 Å². The van der Waals surface area contributed by atoms with E-state index in [1.165, 1.54) is 0 Å². The van der Waals surface area contributed by atoms with Crippen LogP contribution in [0, 0.1) is 20.8 Å². The van der Waals surface area contributed by atoms with Crippen LogP contribution in [-0.2, 0) is 0 Å². The summed E-state index contributed by atoms with van der Waals surface area (Å²) in [5.74, 6) is 3.29. The molecule has 3 aromatic rings. The van der Waals surface area contributed by atoms with Crippen molar-refractivity contribution in [3.05, 3.63) is 53.6 Å². The van der Waals surface area contributed by atoms with E-state index in [-0.39, 0.29) is 6.10 Å². The van der Waals surface area contributed by atoms with Crippen LogP contribution in [0.5, 0.6) is 17.4 Å². The van der Waals surface area contributed by atoms with E-state index in [2.05, 4.69) is 15.1 Å². The Bertz CT molecular complexity index is 870. The third-order valence-electron chi connectivity index (χ3n) is 3.45. The second-order valence-electron chi connectivity index (χ2n) is 6.19. The lowest BCUT2D eigenvalue weighted by molar-refractivity contribution is 0.242. The van der Waals surface area contributed by atoms with Gasteiger partial charge >= 0.3 is 0 Å². The second-order valence-corrected chi connectivity index (χ2v) is 6.19. The molecule has 0 radical (unpaired) electrons. The molecule has 0 saturated heterocycles. The maximum atomic E-state index is 5.88. The molecule has 0 unspecified atom stereocenters. The van der Waals surface area contributed by atoms with Gasteiger partial charge in [-0.15, -0.1) is 0 Å². The molecule has 0 saturated carbocycles. The van der Waals surface area contributed by atoms with Gasteiger partial charge in [0, 0.05) is 11.8 Å². The fourth-order valence-electron chi connectivity index (χ4n) is 2.53. The van der Waals surface area contributed by atoms with E-state index in [9.17, 15) is 0 Å². The van der Waals surface area contributed by atoms with Gasteiger partial charge in [-0.25, -0.2) is 9.67 Å². The molecule has 0 atom stereocenters. The van der Waals surface area contributed by atoms with Crippen LogP contribution in [0.25, 0.3) is 5.82 Å². The van der Waals surface area contributed by atoms with E-state index in [1.807, 2.05) is 65.0 Å². The van der Waals surface area contributed by atoms with Crippen LogP contribution in [0.2, 0.25) is 0 Å². The molecule has 0 spiro atoms. The first-order valence-corrected chi connectivity index (χ1v) is 8.24. The van der Waals surface area contributed by atoms with Gasteiger partial charge in [0.05, 0.1) is 11.8 Å². The standard InChI is InChI=1S/C19H22N4O2/c1-12(2)24-16-6-8-17(9-7-16)25-19-11-18(20-15(5)21-19)23-14(4)10-13(3)22-23/h6-12H,1-5H3. The van der Waals surface area contributed by atoms with Crippen LogP contribution < -0.4 is 9.47 Å². The quantitative estimate of drug-likeness (QED) is 0.699. The van der Waals surface area contributed by atoms with Gasteiger partial charge < -0.3 is 9.47 Å². The summed E-state index contributed by atoms with van der Waals surface area (Å²) in [4.78, 5) is 8.81. The Morgan fingerprint density at radius 3 is 2.20 bits per heavy atom. The molecule has 0 bridgehead atoms. The van der Waals surface area contributed by atoms with Crippen molar-refractivity contribution in [2.45, 2.75) is 40.7 Å². The number of hydrogen-bond acceptors (Lipinski definition) is 5. The van der Waals surface area contributed by atoms with Crippen LogP contribution in [0.3, 0.4) is 0 Å². The third-order valence-corrected chi connectivity index (χ3v) is 3.45. The Hall–Kier alpha value is -2.89. The van der Waals surface area contributed by atoms with Gasteiger partial charge in [0.1, 0.15) is 17.3 Å². The van der Waals surface area contributed by atoms with Crippen molar-refractivity contribution in [3.63, 3.8) is 0 Å². The number of aromatic nitrogens is 4. The average Bonchev–Trinajstić information content (AvgIpc) is 2.87. The van der Waals surface area contributed by atoms with Crippen molar-refractivity contribution < 1.29 is 9.47 Å². The average molecular weight is 338 g/mol. The predicted molar refractivity (Wildman–Crippen MR) is 95.6 cm³/mol. The SMILES string of the molecule is Cc1cc(C)n(-c2cc(Oc3ccc(OC(C)C)cc3)nc(C)n2)n1. The zero-order valence-electron chi connectivity index (χ0n) is 15.1. The van der Waals surface area contributed by atoms with E-state index in [4.69, 9.17) is 9.47 Å². The fraction of sp³-hybridized carbons (Fsp3) is 0.316. The largest absolute Gasteiger partial charge is 0.491 e. The van der Waals surface area contributed by atoms with E-state index in [1.54, 1.807) is 10.7 Å². The minimum absolute atomic E-state index is 0.139. The minimum atomic E-state index is 0.139. The highest BCUT2D eigenvalue weighted by Gasteiger charge is 2.10. The molecule has 6 heteroatoms. The molecule has 25 heavy (non-hydrogen) atoms. The van der Waals surface area contributed by atoms with Crippen LogP contribution in [-0.4, -0.2) is 25.9 Å². The van der Waals surface area contributed by atoms with Crippen LogP contribution in [0.1, 0.15) is 31.1 Å². The second kappa shape index (κ2) is 6.93. The molecule has 0 amide bonds. The predicted octanol–water partition coefficient (Wildman–Crippen LogP) is 4.17. The summed E-state index contributed by atoms with van der Waals surface area (Å²) in [5.41, 5.74) is 1.95. The molecule has 0 aliphatic heterocycles. The monoisotopic (exact) mass is 338 g/mol. The Balaban J connectivity index is 1.84. The molecule has 0 fully saturated rings. The molecule has 130 valence electrons. The Morgan fingerprint density at radius 1 is 0.920 bits per heavy atom. The van der Waals surface area contributed by atoms with Gasteiger partial charge in [0.15, 0.2) is 5.82 Å². The van der Waals surface area contributed by atoms with Crippen LogP contribution >= 0.6 is 0 Å². The first kappa shape index (κ1) is 17.0. The van der Waals surface area contributed by atoms with Crippen molar-refractivity contribution in [2.75, 3.05) is 0 Å². The van der Waals surface area contributed by atoms with Gasteiger partial charge in [0.25, 0.3) is 0 Å². The Labute approximate surface area is 147 Å². The lowest BCUT2D eigenvalue weighted by Gasteiger charge is -2.11. The molecule has 2 heterocycles. The van der Waals surface area contributed by atoms with Crippen molar-refractivity contribution in [1.29, 1.82) is 0 Å². The lowest BCUT2D eigenvalue weighted by atomic mass is 10.3. The van der Waals surface area contributed by atoms with E-state index < -0.39 is 0 Å². The van der Waals surface area contributed by atoms with Crippen molar-refractivity contribution in [1.82, 2.24) is 19.7 Å². The smallest absolute Gasteiger partial charge is 0.224 e. The van der Waals surface area contributed by atoms with Gasteiger partial charge in [-0.1, -0.05) is 0 Å². The summed E-state index contributed by atoms with van der Waals surface area (Å²) in [7, 11) is 0. The fourth-order valence-corrected chi connectivity index (χ4v) is 2.53. The summed E-state index contributed by atoms with van der Waals surface area (Å²) in [6, 6.07) is 11.3. The summed E-state index contributed by atoms with van der Waals surface area (Å²) >= 11 is 0. The number of hydrogen-bond donors (Lipinski definition) is 0. The molecule has 2 aromatic heterocycles. The zero-order valence-corrected chi connectivity index (χ0v) is 15.1. The highest BCUT2D eigenvalue weighted by Crippen LogP contribution is 2.24. The summed E-state index contributed by atoms with van der Waals surface area (Å²) in [5, 5.41) is 4.46. The number of rotatable bonds is 5. The third kappa shape index (κ3) is 4.15.